The molecule has 0 radical (unpaired) electrons. The summed E-state index contributed by atoms with van der Waals surface area (Å²) in [5, 5.41) is 0.899. The average molecular weight is 308 g/mol. The van der Waals surface area contributed by atoms with Crippen LogP contribution >= 0.6 is 22.9 Å². The second-order valence-electron chi connectivity index (χ2n) is 3.83. The zero-order valence-corrected chi connectivity index (χ0v) is 11.4. The molecule has 2 aromatic rings. The molecule has 8 heteroatoms. The van der Waals surface area contributed by atoms with Gasteiger partial charge in [0.2, 0.25) is 0 Å². The molecule has 0 amide bonds. The highest BCUT2D eigenvalue weighted by Crippen LogP contribution is 2.37. The number of alkyl halides is 3. The summed E-state index contributed by atoms with van der Waals surface area (Å²) in [5.74, 6) is 0. The van der Waals surface area contributed by atoms with Crippen molar-refractivity contribution in [3.05, 3.63) is 29.7 Å². The molecule has 0 aliphatic rings. The fourth-order valence-electron chi connectivity index (χ4n) is 1.48. The Kier molecular flexibility index (Phi) is 3.96. The van der Waals surface area contributed by atoms with Gasteiger partial charge in [-0.25, -0.2) is 4.98 Å². The minimum atomic E-state index is -4.28. The Bertz CT molecular complexity index is 556. The van der Waals surface area contributed by atoms with Gasteiger partial charge in [-0.3, -0.25) is 4.98 Å². The molecule has 0 unspecified atom stereocenters. The molecule has 0 fully saturated rings. The summed E-state index contributed by atoms with van der Waals surface area (Å²) in [4.78, 5) is 9.04. The number of nitrogens with zero attached hydrogens (tertiary/aromatic N) is 3. The molecule has 102 valence electrons. The topological polar surface area (TPSA) is 29.0 Å². The number of pyridine rings is 1. The summed E-state index contributed by atoms with van der Waals surface area (Å²) in [6.45, 7) is -1.07. The van der Waals surface area contributed by atoms with E-state index in [1.807, 2.05) is 0 Å². The predicted molar refractivity (Wildman–Crippen MR) is 69.7 cm³/mol. The van der Waals surface area contributed by atoms with Crippen molar-refractivity contribution in [2.24, 2.45) is 0 Å². The summed E-state index contributed by atoms with van der Waals surface area (Å²) in [5.41, 5.74) is 0.723. The number of thiazole rings is 1. The Morgan fingerprint density at radius 3 is 2.74 bits per heavy atom. The van der Waals surface area contributed by atoms with Gasteiger partial charge in [0.1, 0.15) is 16.6 Å². The lowest BCUT2D eigenvalue weighted by atomic mass is 10.3. The highest BCUT2D eigenvalue weighted by Gasteiger charge is 2.31. The van der Waals surface area contributed by atoms with Gasteiger partial charge in [-0.1, -0.05) is 22.9 Å². The molecule has 0 aromatic carbocycles. The molecule has 0 aliphatic heterocycles. The van der Waals surface area contributed by atoms with Gasteiger partial charge in [-0.15, -0.1) is 0 Å². The minimum absolute atomic E-state index is 0.0654. The van der Waals surface area contributed by atoms with Gasteiger partial charge >= 0.3 is 6.18 Å². The number of anilines is 1. The first-order chi connectivity index (χ1) is 8.87. The van der Waals surface area contributed by atoms with Crippen molar-refractivity contribution in [1.82, 2.24) is 9.97 Å². The Labute approximate surface area is 116 Å². The van der Waals surface area contributed by atoms with E-state index in [1.165, 1.54) is 7.05 Å². The van der Waals surface area contributed by atoms with E-state index >= 15 is 0 Å². The van der Waals surface area contributed by atoms with Crippen LogP contribution in [0.25, 0.3) is 10.6 Å². The predicted octanol–water partition coefficient (Wildman–Crippen LogP) is 3.86. The van der Waals surface area contributed by atoms with Crippen molar-refractivity contribution < 1.29 is 13.2 Å². The molecule has 0 bridgehead atoms. The molecular weight excluding hydrogens is 299 g/mol. The van der Waals surface area contributed by atoms with Crippen LogP contribution < -0.4 is 4.90 Å². The summed E-state index contributed by atoms with van der Waals surface area (Å²) >= 11 is 6.99. The van der Waals surface area contributed by atoms with Gasteiger partial charge < -0.3 is 4.90 Å². The zero-order valence-electron chi connectivity index (χ0n) is 9.78. The standard InChI is InChI=1S/C11H9ClF3N3S/c1-18(6-11(13,14)15)10-8(12)17-9(19-10)7-3-2-4-16-5-7/h2-5H,6H2,1H3. The Hall–Kier alpha value is -1.34. The molecule has 0 aliphatic carbocycles. The third-order valence-corrected chi connectivity index (χ3v) is 3.84. The van der Waals surface area contributed by atoms with Crippen LogP contribution in [0.5, 0.6) is 0 Å². The van der Waals surface area contributed by atoms with Gasteiger partial charge in [0.25, 0.3) is 0 Å². The Balaban J connectivity index is 2.27. The van der Waals surface area contributed by atoms with Crippen LogP contribution in [0.3, 0.4) is 0 Å². The van der Waals surface area contributed by atoms with Crippen molar-refractivity contribution in [2.75, 3.05) is 18.5 Å². The van der Waals surface area contributed by atoms with Crippen LogP contribution in [0.1, 0.15) is 0 Å². The smallest absolute Gasteiger partial charge is 0.355 e. The van der Waals surface area contributed by atoms with Crippen molar-refractivity contribution in [3.8, 4) is 10.6 Å². The van der Waals surface area contributed by atoms with Crippen molar-refractivity contribution in [2.45, 2.75) is 6.18 Å². The molecular formula is C11H9ClF3N3S. The van der Waals surface area contributed by atoms with Crippen molar-refractivity contribution in [1.29, 1.82) is 0 Å². The Morgan fingerprint density at radius 2 is 2.16 bits per heavy atom. The van der Waals surface area contributed by atoms with E-state index in [0.29, 0.717) is 5.01 Å². The second-order valence-corrected chi connectivity index (χ2v) is 5.16. The minimum Gasteiger partial charge on any atom is -0.355 e. The fraction of sp³-hybridized carbons (Fsp3) is 0.273. The van der Waals surface area contributed by atoms with E-state index in [9.17, 15) is 13.2 Å². The third-order valence-electron chi connectivity index (χ3n) is 2.24. The summed E-state index contributed by atoms with van der Waals surface area (Å²) in [6, 6.07) is 3.50. The molecule has 2 heterocycles. The van der Waals surface area contributed by atoms with Crippen molar-refractivity contribution in [3.63, 3.8) is 0 Å². The average Bonchev–Trinajstić information content (AvgIpc) is 2.70. The lowest BCUT2D eigenvalue weighted by Gasteiger charge is -2.18. The normalized spacial score (nSPS) is 11.6. The van der Waals surface area contributed by atoms with Gasteiger partial charge in [-0.05, 0) is 12.1 Å². The van der Waals surface area contributed by atoms with E-state index in [-0.39, 0.29) is 10.2 Å². The maximum atomic E-state index is 12.3. The molecule has 19 heavy (non-hydrogen) atoms. The number of hydrogen-bond acceptors (Lipinski definition) is 4. The largest absolute Gasteiger partial charge is 0.405 e. The van der Waals surface area contributed by atoms with E-state index in [2.05, 4.69) is 9.97 Å². The van der Waals surface area contributed by atoms with Crippen molar-refractivity contribution >= 4 is 27.9 Å². The van der Waals surface area contributed by atoms with Crippen LogP contribution in [0.15, 0.2) is 24.5 Å². The first-order valence-corrected chi connectivity index (χ1v) is 6.41. The first kappa shape index (κ1) is 14.1. The first-order valence-electron chi connectivity index (χ1n) is 5.21. The van der Waals surface area contributed by atoms with Gasteiger partial charge in [-0.2, -0.15) is 13.2 Å². The van der Waals surface area contributed by atoms with E-state index < -0.39 is 12.7 Å². The molecule has 0 spiro atoms. The van der Waals surface area contributed by atoms with E-state index in [0.717, 1.165) is 21.8 Å². The van der Waals surface area contributed by atoms with Crippen LogP contribution in [0.2, 0.25) is 5.15 Å². The Morgan fingerprint density at radius 1 is 1.42 bits per heavy atom. The van der Waals surface area contributed by atoms with Gasteiger partial charge in [0.05, 0.1) is 0 Å². The lowest BCUT2D eigenvalue weighted by molar-refractivity contribution is -0.119. The van der Waals surface area contributed by atoms with E-state index in [4.69, 9.17) is 11.6 Å². The molecule has 0 saturated carbocycles. The fourth-order valence-corrected chi connectivity index (χ4v) is 2.79. The molecule has 0 N–H and O–H groups in total. The maximum absolute atomic E-state index is 12.3. The lowest BCUT2D eigenvalue weighted by Crippen LogP contribution is -2.30. The molecule has 0 saturated heterocycles. The summed E-state index contributed by atoms with van der Waals surface area (Å²) in [7, 11) is 1.33. The van der Waals surface area contributed by atoms with Crippen LogP contribution in [-0.4, -0.2) is 29.7 Å². The highest BCUT2D eigenvalue weighted by atomic mass is 35.5. The third kappa shape index (κ3) is 3.57. The molecule has 0 atom stereocenters. The molecule has 3 nitrogen and oxygen atoms in total. The van der Waals surface area contributed by atoms with Crippen LogP contribution in [-0.2, 0) is 0 Å². The van der Waals surface area contributed by atoms with Crippen LogP contribution in [0, 0.1) is 0 Å². The zero-order chi connectivity index (χ0) is 14.0. The number of aromatic nitrogens is 2. The quantitative estimate of drug-likeness (QED) is 0.862. The molecule has 2 aromatic heterocycles. The SMILES string of the molecule is CN(CC(F)(F)F)c1sc(-c2cccnc2)nc1Cl. The number of rotatable bonds is 3. The monoisotopic (exact) mass is 307 g/mol. The number of halogens is 4. The van der Waals surface area contributed by atoms with Crippen LogP contribution in [0.4, 0.5) is 18.2 Å². The second kappa shape index (κ2) is 5.34. The summed E-state index contributed by atoms with van der Waals surface area (Å²) in [6.07, 6.45) is -1.09. The number of hydrogen-bond donors (Lipinski definition) is 0. The van der Waals surface area contributed by atoms with Gasteiger partial charge in [0, 0.05) is 25.0 Å². The maximum Gasteiger partial charge on any atom is 0.405 e. The highest BCUT2D eigenvalue weighted by molar-refractivity contribution is 7.19. The summed E-state index contributed by atoms with van der Waals surface area (Å²) < 4.78 is 37.0. The molecule has 2 rings (SSSR count). The van der Waals surface area contributed by atoms with E-state index in [1.54, 1.807) is 24.5 Å². The van der Waals surface area contributed by atoms with Gasteiger partial charge in [0.15, 0.2) is 5.15 Å².